The third-order valence-corrected chi connectivity index (χ3v) is 2.93. The first-order chi connectivity index (χ1) is 7.98. The van der Waals surface area contributed by atoms with E-state index in [0.29, 0.717) is 25.0 Å². The molecule has 0 radical (unpaired) electrons. The number of hydrogen-bond acceptors (Lipinski definition) is 4. The van der Waals surface area contributed by atoms with Gasteiger partial charge in [0.2, 0.25) is 0 Å². The molecule has 0 aliphatic heterocycles. The van der Waals surface area contributed by atoms with Crippen LogP contribution in [0.15, 0.2) is 0 Å². The summed E-state index contributed by atoms with van der Waals surface area (Å²) in [5, 5.41) is 3.35. The highest BCUT2D eigenvalue weighted by Crippen LogP contribution is 2.24. The fourth-order valence-corrected chi connectivity index (χ4v) is 1.73. The first kappa shape index (κ1) is 14.5. The van der Waals surface area contributed by atoms with Crippen molar-refractivity contribution in [2.75, 3.05) is 20.3 Å². The van der Waals surface area contributed by atoms with E-state index in [2.05, 4.69) is 19.2 Å². The van der Waals surface area contributed by atoms with Gasteiger partial charge in [-0.2, -0.15) is 0 Å². The lowest BCUT2D eigenvalue weighted by Gasteiger charge is -2.28. The predicted octanol–water partition coefficient (Wildman–Crippen LogP) is 1.73. The average Bonchev–Trinajstić information content (AvgIpc) is 3.06. The van der Waals surface area contributed by atoms with Crippen molar-refractivity contribution in [1.29, 1.82) is 0 Å². The summed E-state index contributed by atoms with van der Waals surface area (Å²) < 4.78 is 10.4. The normalized spacial score (nSPS) is 19.1. The summed E-state index contributed by atoms with van der Waals surface area (Å²) in [7, 11) is 1.43. The molecule has 0 amide bonds. The van der Waals surface area contributed by atoms with Crippen molar-refractivity contribution in [3.8, 4) is 0 Å². The standard InChI is InChI=1S/C13H25NO3/c1-10(2)9-17-8-7-13(3,12(15)16-4)14-11-5-6-11/h10-11,14H,5-9H2,1-4H3. The van der Waals surface area contributed by atoms with Gasteiger partial charge >= 0.3 is 5.97 Å². The monoisotopic (exact) mass is 243 g/mol. The number of methoxy groups -OCH3 is 1. The van der Waals surface area contributed by atoms with Crippen LogP contribution in [0.5, 0.6) is 0 Å². The molecule has 1 saturated carbocycles. The minimum atomic E-state index is -0.604. The van der Waals surface area contributed by atoms with Gasteiger partial charge < -0.3 is 9.47 Å². The number of nitrogens with one attached hydrogen (secondary N) is 1. The highest BCUT2D eigenvalue weighted by atomic mass is 16.5. The van der Waals surface area contributed by atoms with Crippen molar-refractivity contribution < 1.29 is 14.3 Å². The number of hydrogen-bond donors (Lipinski definition) is 1. The Morgan fingerprint density at radius 3 is 2.59 bits per heavy atom. The van der Waals surface area contributed by atoms with Gasteiger partial charge in [-0.05, 0) is 32.1 Å². The van der Waals surface area contributed by atoms with Gasteiger partial charge in [-0.3, -0.25) is 10.1 Å². The molecule has 100 valence electrons. The molecular weight excluding hydrogens is 218 g/mol. The van der Waals surface area contributed by atoms with Crippen molar-refractivity contribution >= 4 is 5.97 Å². The molecule has 1 unspecified atom stereocenters. The van der Waals surface area contributed by atoms with Crippen LogP contribution >= 0.6 is 0 Å². The number of rotatable bonds is 8. The lowest BCUT2D eigenvalue weighted by Crippen LogP contribution is -2.52. The van der Waals surface area contributed by atoms with Gasteiger partial charge in [0, 0.05) is 19.3 Å². The zero-order valence-corrected chi connectivity index (χ0v) is 11.4. The highest BCUT2D eigenvalue weighted by molar-refractivity contribution is 5.80. The summed E-state index contributed by atoms with van der Waals surface area (Å²) in [5.41, 5.74) is -0.604. The van der Waals surface area contributed by atoms with Gasteiger partial charge in [-0.1, -0.05) is 13.8 Å². The molecule has 1 aliphatic carbocycles. The molecule has 1 fully saturated rings. The van der Waals surface area contributed by atoms with E-state index in [9.17, 15) is 4.79 Å². The van der Waals surface area contributed by atoms with E-state index in [1.807, 2.05) is 6.92 Å². The molecule has 0 aromatic heterocycles. The van der Waals surface area contributed by atoms with Crippen LogP contribution in [-0.2, 0) is 14.3 Å². The van der Waals surface area contributed by atoms with Gasteiger partial charge in [0.15, 0.2) is 0 Å². The van der Waals surface area contributed by atoms with Crippen molar-refractivity contribution in [2.24, 2.45) is 5.92 Å². The third kappa shape index (κ3) is 5.04. The van der Waals surface area contributed by atoms with E-state index in [4.69, 9.17) is 9.47 Å². The van der Waals surface area contributed by atoms with E-state index in [1.165, 1.54) is 7.11 Å². The van der Waals surface area contributed by atoms with Gasteiger partial charge in [-0.25, -0.2) is 0 Å². The minimum absolute atomic E-state index is 0.197. The Kier molecular flexibility index (Phi) is 5.40. The van der Waals surface area contributed by atoms with Crippen LogP contribution in [-0.4, -0.2) is 37.9 Å². The molecule has 1 rings (SSSR count). The minimum Gasteiger partial charge on any atom is -0.468 e. The second-order valence-electron chi connectivity index (χ2n) is 5.46. The first-order valence-electron chi connectivity index (χ1n) is 6.42. The Hall–Kier alpha value is -0.610. The molecule has 0 bridgehead atoms. The molecule has 4 heteroatoms. The maximum absolute atomic E-state index is 11.8. The van der Waals surface area contributed by atoms with Crippen LogP contribution in [0.2, 0.25) is 0 Å². The number of esters is 1. The Bertz CT molecular complexity index is 251. The summed E-state index contributed by atoms with van der Waals surface area (Å²) in [6.07, 6.45) is 2.96. The largest absolute Gasteiger partial charge is 0.468 e. The highest BCUT2D eigenvalue weighted by Gasteiger charge is 2.39. The molecule has 1 atom stereocenters. The van der Waals surface area contributed by atoms with E-state index in [1.54, 1.807) is 0 Å². The molecule has 0 saturated heterocycles. The fourth-order valence-electron chi connectivity index (χ4n) is 1.73. The first-order valence-corrected chi connectivity index (χ1v) is 6.42. The second kappa shape index (κ2) is 6.36. The van der Waals surface area contributed by atoms with Crippen molar-refractivity contribution in [3.05, 3.63) is 0 Å². The summed E-state index contributed by atoms with van der Waals surface area (Å²) in [5.74, 6) is 0.327. The quantitative estimate of drug-likeness (QED) is 0.521. The molecule has 0 heterocycles. The Morgan fingerprint density at radius 1 is 1.47 bits per heavy atom. The predicted molar refractivity (Wildman–Crippen MR) is 66.9 cm³/mol. The molecule has 0 aromatic carbocycles. The summed E-state index contributed by atoms with van der Waals surface area (Å²) in [4.78, 5) is 11.8. The maximum Gasteiger partial charge on any atom is 0.325 e. The number of carbonyl (C=O) groups excluding carboxylic acids is 1. The SMILES string of the molecule is COC(=O)C(C)(CCOCC(C)C)NC1CC1. The molecule has 1 aliphatic rings. The number of ether oxygens (including phenoxy) is 2. The van der Waals surface area contributed by atoms with Crippen LogP contribution in [0.4, 0.5) is 0 Å². The second-order valence-corrected chi connectivity index (χ2v) is 5.46. The summed E-state index contributed by atoms with van der Waals surface area (Å²) >= 11 is 0. The zero-order valence-electron chi connectivity index (χ0n) is 11.4. The zero-order chi connectivity index (χ0) is 12.9. The Morgan fingerprint density at radius 2 is 2.12 bits per heavy atom. The molecule has 1 N–H and O–H groups in total. The van der Waals surface area contributed by atoms with Gasteiger partial charge in [-0.15, -0.1) is 0 Å². The molecule has 0 aromatic rings. The van der Waals surface area contributed by atoms with E-state index < -0.39 is 5.54 Å². The van der Waals surface area contributed by atoms with Crippen LogP contribution in [0.3, 0.4) is 0 Å². The smallest absolute Gasteiger partial charge is 0.325 e. The Labute approximate surface area is 104 Å². The average molecular weight is 243 g/mol. The molecule has 4 nitrogen and oxygen atoms in total. The lowest BCUT2D eigenvalue weighted by molar-refractivity contribution is -0.149. The van der Waals surface area contributed by atoms with Crippen molar-refractivity contribution in [2.45, 2.75) is 51.6 Å². The van der Waals surface area contributed by atoms with Crippen LogP contribution in [0.1, 0.15) is 40.0 Å². The van der Waals surface area contributed by atoms with Crippen LogP contribution in [0.25, 0.3) is 0 Å². The summed E-state index contributed by atoms with van der Waals surface area (Å²) in [6, 6.07) is 0.476. The van der Waals surface area contributed by atoms with E-state index in [-0.39, 0.29) is 5.97 Å². The Balaban J connectivity index is 2.36. The molecular formula is C13H25NO3. The van der Waals surface area contributed by atoms with Crippen molar-refractivity contribution in [3.63, 3.8) is 0 Å². The number of carbonyl (C=O) groups is 1. The maximum atomic E-state index is 11.8. The third-order valence-electron chi connectivity index (χ3n) is 2.93. The lowest BCUT2D eigenvalue weighted by atomic mass is 9.98. The fraction of sp³-hybridized carbons (Fsp3) is 0.923. The van der Waals surface area contributed by atoms with Crippen LogP contribution in [0, 0.1) is 5.92 Å². The van der Waals surface area contributed by atoms with Crippen molar-refractivity contribution in [1.82, 2.24) is 5.32 Å². The molecule has 17 heavy (non-hydrogen) atoms. The van der Waals surface area contributed by atoms with E-state index in [0.717, 1.165) is 19.4 Å². The van der Waals surface area contributed by atoms with Gasteiger partial charge in [0.25, 0.3) is 0 Å². The summed E-state index contributed by atoms with van der Waals surface area (Å²) in [6.45, 7) is 7.45. The molecule has 0 spiro atoms. The van der Waals surface area contributed by atoms with E-state index >= 15 is 0 Å². The van der Waals surface area contributed by atoms with Gasteiger partial charge in [0.05, 0.1) is 7.11 Å². The topological polar surface area (TPSA) is 47.6 Å². The van der Waals surface area contributed by atoms with Gasteiger partial charge in [0.1, 0.15) is 5.54 Å². The van der Waals surface area contributed by atoms with Crippen LogP contribution < -0.4 is 5.32 Å².